The fourth-order valence-corrected chi connectivity index (χ4v) is 5.93. The molecule has 4 aliphatic rings. The third-order valence-electron chi connectivity index (χ3n) is 8.55. The van der Waals surface area contributed by atoms with Gasteiger partial charge in [0.15, 0.2) is 23.0 Å². The number of carbonyl (C=O) groups is 2. The van der Waals surface area contributed by atoms with Crippen molar-refractivity contribution in [1.82, 2.24) is 9.97 Å². The van der Waals surface area contributed by atoms with Crippen molar-refractivity contribution >= 4 is 57.6 Å². The zero-order valence-electron chi connectivity index (χ0n) is 26.7. The van der Waals surface area contributed by atoms with Crippen LogP contribution in [0.1, 0.15) is 47.9 Å². The van der Waals surface area contributed by atoms with Gasteiger partial charge >= 0.3 is 12.6 Å². The van der Waals surface area contributed by atoms with Gasteiger partial charge in [0, 0.05) is 0 Å². The third-order valence-corrected chi connectivity index (χ3v) is 9.68. The molecule has 4 heterocycles. The number of halogens is 7. The number of nitrogens with zero attached hydrogens (tertiary/aromatic N) is 2. The van der Waals surface area contributed by atoms with Crippen LogP contribution in [0.25, 0.3) is 0 Å². The fraction of sp³-hybridized carbons (Fsp3) is 0.294. The Balaban J connectivity index is 0.000000148. The van der Waals surface area contributed by atoms with E-state index in [1.54, 1.807) is 30.3 Å². The maximum atomic E-state index is 13.2. The number of aryl methyl sites for hydroxylation is 2. The van der Waals surface area contributed by atoms with Gasteiger partial charge < -0.3 is 30.0 Å². The van der Waals surface area contributed by atoms with E-state index in [9.17, 15) is 27.2 Å². The Labute approximate surface area is 303 Å². The predicted octanol–water partition coefficient (Wildman–Crippen LogP) is 8.47. The summed E-state index contributed by atoms with van der Waals surface area (Å²) >= 11 is 17.1. The largest absolute Gasteiger partial charge is 0.586 e. The van der Waals surface area contributed by atoms with E-state index in [0.717, 1.165) is 11.1 Å². The number of fused-ring (bicyclic) bond motifs is 2. The Morgan fingerprint density at radius 3 is 1.57 bits per heavy atom. The average Bonchev–Trinajstić information content (AvgIpc) is 3.97. The standard InChI is InChI=1S/C17H13ClF2N2O3.C11H7ClF2O3.C6H7ClN2/c1-9-2-5-13(21-14(9)18)22-15(23)16(6-7-16)10-3-4-11-12(8-10)25-17(19,20)24-11;12-9(15)10(3-4-10)6-1-2-7-8(5-6)17-11(13,14)16-7;1-4-2-3-5(8)9-6(4)7/h2-5,8H,6-7H2,1H3,(H,21,22,23);1-2,5H,3-4H2;2-3H,1H3,(H2,8,9). The van der Waals surface area contributed by atoms with Crippen LogP contribution in [0.4, 0.5) is 29.2 Å². The molecule has 10 nitrogen and oxygen atoms in total. The van der Waals surface area contributed by atoms with E-state index >= 15 is 0 Å². The maximum Gasteiger partial charge on any atom is 0.586 e. The number of rotatable bonds is 5. The zero-order chi connectivity index (χ0) is 36.9. The lowest BCUT2D eigenvalue weighted by Crippen LogP contribution is -2.28. The predicted molar refractivity (Wildman–Crippen MR) is 179 cm³/mol. The van der Waals surface area contributed by atoms with Crippen LogP contribution >= 0.6 is 34.8 Å². The van der Waals surface area contributed by atoms with Crippen molar-refractivity contribution in [2.45, 2.75) is 63.0 Å². The minimum atomic E-state index is -3.68. The zero-order valence-corrected chi connectivity index (χ0v) is 28.9. The van der Waals surface area contributed by atoms with Crippen molar-refractivity contribution in [3.8, 4) is 23.0 Å². The molecular formula is C34H27Cl3F4N4O6. The molecule has 8 rings (SSSR count). The first-order valence-corrected chi connectivity index (χ1v) is 16.4. The molecule has 2 fully saturated rings. The molecule has 0 spiro atoms. The first-order chi connectivity index (χ1) is 23.9. The SMILES string of the molecule is Cc1ccc(N)nc1Cl.Cc1ccc(NC(=O)C2(c3ccc4c(c3)OC(F)(F)O4)CC2)nc1Cl.O=C(Cl)C1(c2ccc3c(c2)OC(F)(F)O3)CC1. The highest BCUT2D eigenvalue weighted by molar-refractivity contribution is 6.66. The molecule has 0 saturated heterocycles. The van der Waals surface area contributed by atoms with E-state index in [2.05, 4.69) is 34.2 Å². The number of alkyl halides is 4. The topological polar surface area (TPSA) is 135 Å². The van der Waals surface area contributed by atoms with Crippen LogP contribution in [0.2, 0.25) is 10.3 Å². The number of nitrogen functional groups attached to an aromatic ring is 1. The number of ether oxygens (including phenoxy) is 4. The van der Waals surface area contributed by atoms with Gasteiger partial charge in [0.25, 0.3) is 0 Å². The molecule has 1 amide bonds. The lowest BCUT2D eigenvalue weighted by molar-refractivity contribution is -0.287. The molecule has 3 N–H and O–H groups in total. The molecule has 0 unspecified atom stereocenters. The molecule has 0 radical (unpaired) electrons. The fourth-order valence-electron chi connectivity index (χ4n) is 5.32. The number of nitrogens with two attached hydrogens (primary N) is 1. The molecule has 268 valence electrons. The summed E-state index contributed by atoms with van der Waals surface area (Å²) in [5.41, 5.74) is 6.77. The highest BCUT2D eigenvalue weighted by Crippen LogP contribution is 2.54. The number of nitrogens with one attached hydrogen (secondary N) is 1. The minimum absolute atomic E-state index is 0.0310. The van der Waals surface area contributed by atoms with Gasteiger partial charge in [0.2, 0.25) is 11.1 Å². The van der Waals surface area contributed by atoms with Crippen LogP contribution in [0.15, 0.2) is 60.7 Å². The molecule has 2 aromatic carbocycles. The molecule has 51 heavy (non-hydrogen) atoms. The van der Waals surface area contributed by atoms with Crippen molar-refractivity contribution in [1.29, 1.82) is 0 Å². The highest BCUT2D eigenvalue weighted by atomic mass is 35.5. The van der Waals surface area contributed by atoms with E-state index in [-0.39, 0.29) is 28.9 Å². The summed E-state index contributed by atoms with van der Waals surface area (Å²) in [6, 6.07) is 15.7. The first kappa shape index (κ1) is 36.3. The second-order valence-corrected chi connectivity index (χ2v) is 13.3. The summed E-state index contributed by atoms with van der Waals surface area (Å²) in [5.74, 6) is 0.346. The summed E-state index contributed by atoms with van der Waals surface area (Å²) in [6.45, 7) is 3.69. The Morgan fingerprint density at radius 1 is 0.686 bits per heavy atom. The van der Waals surface area contributed by atoms with E-state index in [4.69, 9.17) is 40.5 Å². The summed E-state index contributed by atoms with van der Waals surface area (Å²) < 4.78 is 69.4. The third kappa shape index (κ3) is 7.72. The van der Waals surface area contributed by atoms with Crippen molar-refractivity contribution in [3.05, 3.63) is 93.2 Å². The van der Waals surface area contributed by atoms with Crippen LogP contribution in [0.3, 0.4) is 0 Å². The van der Waals surface area contributed by atoms with Crippen molar-refractivity contribution < 1.29 is 46.1 Å². The first-order valence-electron chi connectivity index (χ1n) is 15.3. The van der Waals surface area contributed by atoms with E-state index in [0.29, 0.717) is 58.8 Å². The molecular weight excluding hydrogens is 743 g/mol. The lowest BCUT2D eigenvalue weighted by Gasteiger charge is -2.16. The van der Waals surface area contributed by atoms with Gasteiger partial charge in [0.1, 0.15) is 21.9 Å². The molecule has 0 atom stereocenters. The number of carbonyl (C=O) groups excluding carboxylic acids is 2. The van der Waals surface area contributed by atoms with Crippen molar-refractivity contribution in [3.63, 3.8) is 0 Å². The average molecular weight is 770 g/mol. The smallest absolute Gasteiger partial charge is 0.395 e. The van der Waals surface area contributed by atoms with Crippen molar-refractivity contribution in [2.75, 3.05) is 11.1 Å². The van der Waals surface area contributed by atoms with E-state index in [1.165, 1.54) is 24.3 Å². The summed E-state index contributed by atoms with van der Waals surface area (Å²) in [7, 11) is 0. The Bertz CT molecular complexity index is 2050. The Morgan fingerprint density at radius 2 is 1.14 bits per heavy atom. The van der Waals surface area contributed by atoms with E-state index < -0.39 is 28.7 Å². The van der Waals surface area contributed by atoms with Crippen LogP contribution in [0, 0.1) is 13.8 Å². The second-order valence-electron chi connectivity index (χ2n) is 12.2. The van der Waals surface area contributed by atoms with Crippen LogP contribution in [-0.4, -0.2) is 33.7 Å². The van der Waals surface area contributed by atoms with Gasteiger partial charge in [-0.05, 0) is 110 Å². The molecule has 2 aliphatic carbocycles. The molecule has 2 aromatic heterocycles. The van der Waals surface area contributed by atoms with Gasteiger partial charge in [-0.2, -0.15) is 0 Å². The van der Waals surface area contributed by atoms with Gasteiger partial charge in [-0.3, -0.25) is 9.59 Å². The highest BCUT2D eigenvalue weighted by Gasteiger charge is 2.53. The second kappa shape index (κ2) is 13.2. The molecule has 17 heteroatoms. The van der Waals surface area contributed by atoms with Gasteiger partial charge in [-0.25, -0.2) is 9.97 Å². The quantitative estimate of drug-likeness (QED) is 0.116. The summed E-state index contributed by atoms with van der Waals surface area (Å²) in [4.78, 5) is 31.9. The number of benzene rings is 2. The number of hydrogen-bond acceptors (Lipinski definition) is 9. The van der Waals surface area contributed by atoms with Crippen LogP contribution in [0.5, 0.6) is 23.0 Å². The van der Waals surface area contributed by atoms with Gasteiger partial charge in [0.05, 0.1) is 10.8 Å². The van der Waals surface area contributed by atoms with E-state index in [1.807, 2.05) is 19.9 Å². The molecule has 0 bridgehead atoms. The Kier molecular flexibility index (Phi) is 9.40. The minimum Gasteiger partial charge on any atom is -0.395 e. The Hall–Kier alpha value is -4.53. The molecule has 4 aromatic rings. The van der Waals surface area contributed by atoms with Gasteiger partial charge in [-0.1, -0.05) is 47.5 Å². The monoisotopic (exact) mass is 768 g/mol. The number of amides is 1. The normalized spacial score (nSPS) is 18.3. The van der Waals surface area contributed by atoms with Crippen LogP contribution < -0.4 is 30.0 Å². The van der Waals surface area contributed by atoms with Gasteiger partial charge in [-0.15, -0.1) is 17.6 Å². The number of aromatic nitrogens is 2. The molecule has 2 aliphatic heterocycles. The van der Waals surface area contributed by atoms with Crippen LogP contribution in [-0.2, 0) is 20.4 Å². The number of hydrogen-bond donors (Lipinski definition) is 2. The maximum absolute atomic E-state index is 13.2. The number of pyridine rings is 2. The lowest BCUT2D eigenvalue weighted by atomic mass is 9.94. The number of anilines is 2. The summed E-state index contributed by atoms with van der Waals surface area (Å²) in [6.07, 6.45) is -4.84. The van der Waals surface area contributed by atoms with Crippen molar-refractivity contribution in [2.24, 2.45) is 0 Å². The summed E-state index contributed by atoms with van der Waals surface area (Å²) in [5, 5.41) is 3.07. The molecule has 2 saturated carbocycles.